The minimum Gasteiger partial charge on any atom is -0.389 e. The van der Waals surface area contributed by atoms with E-state index in [1.165, 1.54) is 0 Å². The molecule has 3 N–H and O–H groups in total. The van der Waals surface area contributed by atoms with Gasteiger partial charge in [-0.3, -0.25) is 0 Å². The summed E-state index contributed by atoms with van der Waals surface area (Å²) in [5, 5.41) is 10.8. The van der Waals surface area contributed by atoms with Crippen molar-refractivity contribution in [2.75, 3.05) is 5.73 Å². The fourth-order valence-corrected chi connectivity index (χ4v) is 3.29. The van der Waals surface area contributed by atoms with Gasteiger partial charge in [0.1, 0.15) is 5.82 Å². The van der Waals surface area contributed by atoms with Gasteiger partial charge in [0.25, 0.3) is 0 Å². The molecule has 0 amide bonds. The summed E-state index contributed by atoms with van der Waals surface area (Å²) >= 11 is 0. The zero-order valence-electron chi connectivity index (χ0n) is 10.9. The molecule has 0 saturated heterocycles. The number of nitrogen functional groups attached to an aromatic ring is 1. The largest absolute Gasteiger partial charge is 0.389 e. The first-order valence-electron chi connectivity index (χ1n) is 6.24. The van der Waals surface area contributed by atoms with Gasteiger partial charge in [-0.2, -0.15) is 0 Å². The van der Waals surface area contributed by atoms with Gasteiger partial charge in [0.15, 0.2) is 0 Å². The number of hydrogen-bond donors (Lipinski definition) is 2. The average molecular weight is 234 g/mol. The molecule has 0 aliphatic heterocycles. The van der Waals surface area contributed by atoms with Crippen LogP contribution < -0.4 is 5.73 Å². The molecule has 1 aromatic heterocycles. The second-order valence-electron chi connectivity index (χ2n) is 6.32. The van der Waals surface area contributed by atoms with E-state index in [9.17, 15) is 5.11 Å². The second kappa shape index (κ2) is 3.98. The second-order valence-corrected chi connectivity index (χ2v) is 6.32. The standard InChI is InChI=1S/C14H22N2O/c1-10-7-13(2,3)9-14(10,17)8-11-4-5-16-12(15)6-11/h4-6,10,17H,7-9H2,1-3H3,(H2,15,16). The van der Waals surface area contributed by atoms with Gasteiger partial charge >= 0.3 is 0 Å². The number of hydrogen-bond acceptors (Lipinski definition) is 3. The lowest BCUT2D eigenvalue weighted by Gasteiger charge is -2.28. The smallest absolute Gasteiger partial charge is 0.123 e. The van der Waals surface area contributed by atoms with E-state index in [0.717, 1.165) is 18.4 Å². The Kier molecular flexibility index (Phi) is 2.90. The fraction of sp³-hybridized carbons (Fsp3) is 0.643. The highest BCUT2D eigenvalue weighted by molar-refractivity contribution is 5.32. The van der Waals surface area contributed by atoms with Gasteiger partial charge in [0.05, 0.1) is 5.60 Å². The Bertz CT molecular complexity index is 416. The Hall–Kier alpha value is -1.09. The van der Waals surface area contributed by atoms with Crippen LogP contribution in [0.2, 0.25) is 0 Å². The van der Waals surface area contributed by atoms with Gasteiger partial charge in [-0.1, -0.05) is 20.8 Å². The lowest BCUT2D eigenvalue weighted by molar-refractivity contribution is 0.00446. The van der Waals surface area contributed by atoms with Crippen molar-refractivity contribution < 1.29 is 5.11 Å². The molecule has 0 bridgehead atoms. The van der Waals surface area contributed by atoms with E-state index in [-0.39, 0.29) is 5.41 Å². The highest BCUT2D eigenvalue weighted by Crippen LogP contribution is 2.48. The monoisotopic (exact) mass is 234 g/mol. The van der Waals surface area contributed by atoms with Crippen LogP contribution in [-0.4, -0.2) is 15.7 Å². The average Bonchev–Trinajstić information content (AvgIpc) is 2.34. The summed E-state index contributed by atoms with van der Waals surface area (Å²) < 4.78 is 0. The summed E-state index contributed by atoms with van der Waals surface area (Å²) in [6, 6.07) is 3.79. The normalized spacial score (nSPS) is 31.6. The third-order valence-electron chi connectivity index (χ3n) is 3.92. The van der Waals surface area contributed by atoms with Crippen LogP contribution in [0.3, 0.4) is 0 Å². The van der Waals surface area contributed by atoms with Crippen molar-refractivity contribution in [3.63, 3.8) is 0 Å². The molecule has 1 aliphatic carbocycles. The van der Waals surface area contributed by atoms with Gasteiger partial charge in [0, 0.05) is 12.6 Å². The van der Waals surface area contributed by atoms with Gasteiger partial charge in [0.2, 0.25) is 0 Å². The van der Waals surface area contributed by atoms with Crippen molar-refractivity contribution in [2.45, 2.75) is 45.6 Å². The van der Waals surface area contributed by atoms with Crippen LogP contribution in [0.5, 0.6) is 0 Å². The summed E-state index contributed by atoms with van der Waals surface area (Å²) in [4.78, 5) is 3.98. The highest BCUT2D eigenvalue weighted by atomic mass is 16.3. The molecule has 1 saturated carbocycles. The number of rotatable bonds is 2. The number of nitrogens with zero attached hydrogens (tertiary/aromatic N) is 1. The third kappa shape index (κ3) is 2.60. The van der Waals surface area contributed by atoms with E-state index in [0.29, 0.717) is 18.2 Å². The van der Waals surface area contributed by atoms with E-state index in [1.807, 2.05) is 12.1 Å². The molecule has 1 aliphatic rings. The van der Waals surface area contributed by atoms with Gasteiger partial charge in [-0.05, 0) is 41.9 Å². The highest BCUT2D eigenvalue weighted by Gasteiger charge is 2.47. The summed E-state index contributed by atoms with van der Waals surface area (Å²) in [5.74, 6) is 0.850. The number of aromatic nitrogens is 1. The number of anilines is 1. The maximum Gasteiger partial charge on any atom is 0.123 e. The molecule has 0 aromatic carbocycles. The fourth-order valence-electron chi connectivity index (χ4n) is 3.29. The molecule has 1 aromatic rings. The van der Waals surface area contributed by atoms with E-state index in [4.69, 9.17) is 5.73 Å². The zero-order chi connectivity index (χ0) is 12.7. The summed E-state index contributed by atoms with van der Waals surface area (Å²) in [7, 11) is 0. The van der Waals surface area contributed by atoms with Crippen molar-refractivity contribution in [1.29, 1.82) is 0 Å². The Balaban J connectivity index is 2.18. The lowest BCUT2D eigenvalue weighted by atomic mass is 9.85. The minimum absolute atomic E-state index is 0.229. The van der Waals surface area contributed by atoms with Gasteiger partial charge in [-0.25, -0.2) is 4.98 Å². The van der Waals surface area contributed by atoms with Crippen molar-refractivity contribution in [2.24, 2.45) is 11.3 Å². The first-order valence-corrected chi connectivity index (χ1v) is 6.24. The minimum atomic E-state index is -0.600. The molecule has 3 heteroatoms. The van der Waals surface area contributed by atoms with Crippen LogP contribution in [0, 0.1) is 11.3 Å². The summed E-state index contributed by atoms with van der Waals surface area (Å²) in [6.07, 6.45) is 4.30. The van der Waals surface area contributed by atoms with Gasteiger partial charge < -0.3 is 10.8 Å². The van der Waals surface area contributed by atoms with Crippen LogP contribution in [0.4, 0.5) is 5.82 Å². The maximum absolute atomic E-state index is 10.8. The van der Waals surface area contributed by atoms with Crippen LogP contribution >= 0.6 is 0 Å². The van der Waals surface area contributed by atoms with Crippen LogP contribution in [-0.2, 0) is 6.42 Å². The predicted molar refractivity (Wildman–Crippen MR) is 69.5 cm³/mol. The quantitative estimate of drug-likeness (QED) is 0.826. The molecule has 94 valence electrons. The van der Waals surface area contributed by atoms with Crippen molar-refractivity contribution >= 4 is 5.82 Å². The zero-order valence-corrected chi connectivity index (χ0v) is 10.9. The molecule has 2 unspecified atom stereocenters. The Morgan fingerprint density at radius 2 is 2.24 bits per heavy atom. The van der Waals surface area contributed by atoms with Gasteiger partial charge in [-0.15, -0.1) is 0 Å². The third-order valence-corrected chi connectivity index (χ3v) is 3.92. The Labute approximate surface area is 103 Å². The Morgan fingerprint density at radius 1 is 1.53 bits per heavy atom. The lowest BCUT2D eigenvalue weighted by Crippen LogP contribution is -2.34. The van der Waals surface area contributed by atoms with Crippen molar-refractivity contribution in [3.8, 4) is 0 Å². The van der Waals surface area contributed by atoms with Crippen molar-refractivity contribution in [1.82, 2.24) is 4.98 Å². The van der Waals surface area contributed by atoms with Crippen LogP contribution in [0.25, 0.3) is 0 Å². The first kappa shape index (κ1) is 12.4. The molecule has 2 rings (SSSR count). The molecule has 17 heavy (non-hydrogen) atoms. The topological polar surface area (TPSA) is 59.1 Å². The molecular weight excluding hydrogens is 212 g/mol. The molecule has 3 nitrogen and oxygen atoms in total. The van der Waals surface area contributed by atoms with E-state index in [1.54, 1.807) is 6.20 Å². The molecule has 1 fully saturated rings. The van der Waals surface area contributed by atoms with E-state index >= 15 is 0 Å². The summed E-state index contributed by atoms with van der Waals surface area (Å²) in [5.41, 5.74) is 6.37. The van der Waals surface area contributed by atoms with Crippen LogP contribution in [0.1, 0.15) is 39.2 Å². The molecular formula is C14H22N2O. The molecule has 2 atom stereocenters. The molecule has 1 heterocycles. The SMILES string of the molecule is CC1CC(C)(C)CC1(O)Cc1ccnc(N)c1. The summed E-state index contributed by atoms with van der Waals surface area (Å²) in [6.45, 7) is 6.59. The molecule has 0 spiro atoms. The number of pyridine rings is 1. The van der Waals surface area contributed by atoms with Crippen molar-refractivity contribution in [3.05, 3.63) is 23.9 Å². The predicted octanol–water partition coefficient (Wildman–Crippen LogP) is 2.39. The van der Waals surface area contributed by atoms with E-state index < -0.39 is 5.60 Å². The molecule has 0 radical (unpaired) electrons. The first-order chi connectivity index (χ1) is 7.81. The Morgan fingerprint density at radius 3 is 2.76 bits per heavy atom. The number of aliphatic hydroxyl groups is 1. The van der Waals surface area contributed by atoms with E-state index in [2.05, 4.69) is 25.8 Å². The number of nitrogens with two attached hydrogens (primary N) is 1. The van der Waals surface area contributed by atoms with Crippen LogP contribution in [0.15, 0.2) is 18.3 Å². The maximum atomic E-state index is 10.8.